The van der Waals surface area contributed by atoms with Crippen LogP contribution in [0.3, 0.4) is 0 Å². The first-order chi connectivity index (χ1) is 9.02. The van der Waals surface area contributed by atoms with Crippen molar-refractivity contribution in [2.24, 2.45) is 5.41 Å². The molecular weight excluding hydrogens is 238 g/mol. The van der Waals surface area contributed by atoms with E-state index in [-0.39, 0.29) is 5.91 Å². The molecule has 1 aromatic heterocycles. The molecule has 4 heteroatoms. The van der Waals surface area contributed by atoms with Gasteiger partial charge >= 0.3 is 0 Å². The average Bonchev–Trinajstić information content (AvgIpc) is 2.59. The third-order valence-electron chi connectivity index (χ3n) is 3.90. The predicted molar refractivity (Wildman–Crippen MR) is 77.3 cm³/mol. The fraction of sp³-hybridized carbons (Fsp3) is 0.600. The number of rotatable bonds is 2. The number of anilines is 1. The maximum atomic E-state index is 12.4. The van der Waals surface area contributed by atoms with Crippen LogP contribution < -0.4 is 5.32 Å². The van der Waals surface area contributed by atoms with Crippen molar-refractivity contribution in [3.63, 3.8) is 0 Å². The van der Waals surface area contributed by atoms with Gasteiger partial charge in [0.15, 0.2) is 0 Å². The van der Waals surface area contributed by atoms with Gasteiger partial charge in [0.1, 0.15) is 5.69 Å². The topological polar surface area (TPSA) is 45.2 Å². The molecule has 19 heavy (non-hydrogen) atoms. The molecule has 1 aliphatic heterocycles. The average molecular weight is 261 g/mol. The lowest BCUT2D eigenvalue weighted by molar-refractivity contribution is 0.0751. The lowest BCUT2D eigenvalue weighted by atomic mass is 9.85. The van der Waals surface area contributed by atoms with Crippen LogP contribution in [0, 0.1) is 5.41 Å². The molecule has 1 aromatic rings. The van der Waals surface area contributed by atoms with Gasteiger partial charge in [-0.15, -0.1) is 0 Å². The maximum Gasteiger partial charge on any atom is 0.272 e. The van der Waals surface area contributed by atoms with Gasteiger partial charge in [-0.05, 0) is 36.8 Å². The van der Waals surface area contributed by atoms with Crippen LogP contribution in [0.4, 0.5) is 5.69 Å². The van der Waals surface area contributed by atoms with E-state index >= 15 is 0 Å². The van der Waals surface area contributed by atoms with Crippen LogP contribution in [0.15, 0.2) is 18.3 Å². The van der Waals surface area contributed by atoms with E-state index < -0.39 is 0 Å². The molecule has 0 atom stereocenters. The Bertz CT molecular complexity index is 439. The van der Waals surface area contributed by atoms with Crippen molar-refractivity contribution >= 4 is 11.6 Å². The Balaban J connectivity index is 2.06. The lowest BCUT2D eigenvalue weighted by Gasteiger charge is -2.23. The summed E-state index contributed by atoms with van der Waals surface area (Å²) in [5, 5.41) is 3.01. The van der Waals surface area contributed by atoms with E-state index in [9.17, 15) is 4.79 Å². The van der Waals surface area contributed by atoms with Crippen molar-refractivity contribution in [1.29, 1.82) is 0 Å². The molecule has 0 unspecified atom stereocenters. The highest BCUT2D eigenvalue weighted by atomic mass is 16.2. The molecule has 0 aliphatic carbocycles. The van der Waals surface area contributed by atoms with E-state index in [0.717, 1.165) is 31.6 Å². The first kappa shape index (κ1) is 13.8. The molecule has 0 bridgehead atoms. The van der Waals surface area contributed by atoms with Gasteiger partial charge in [0.25, 0.3) is 5.91 Å². The largest absolute Gasteiger partial charge is 0.387 e. The van der Waals surface area contributed by atoms with Crippen molar-refractivity contribution in [3.05, 3.63) is 24.0 Å². The van der Waals surface area contributed by atoms with Crippen molar-refractivity contribution in [1.82, 2.24) is 9.88 Å². The number of carbonyl (C=O) groups excluding carboxylic acids is 1. The predicted octanol–water partition coefficient (Wildman–Crippen LogP) is 2.78. The fourth-order valence-electron chi connectivity index (χ4n) is 2.46. The molecule has 4 nitrogen and oxygen atoms in total. The number of pyridine rings is 1. The molecule has 1 amide bonds. The van der Waals surface area contributed by atoms with Gasteiger partial charge in [-0.3, -0.25) is 4.79 Å². The summed E-state index contributed by atoms with van der Waals surface area (Å²) in [6.07, 6.45) is 5.03. The van der Waals surface area contributed by atoms with Gasteiger partial charge in [0, 0.05) is 20.1 Å². The Morgan fingerprint density at radius 2 is 2.11 bits per heavy atom. The Labute approximate surface area is 115 Å². The normalized spacial score (nSPS) is 18.8. The Kier molecular flexibility index (Phi) is 4.08. The Morgan fingerprint density at radius 3 is 2.74 bits per heavy atom. The highest BCUT2D eigenvalue weighted by Crippen LogP contribution is 2.30. The molecule has 1 saturated heterocycles. The summed E-state index contributed by atoms with van der Waals surface area (Å²) in [5.74, 6) is 0.0559. The van der Waals surface area contributed by atoms with Gasteiger partial charge in [-0.2, -0.15) is 0 Å². The number of amides is 1. The monoisotopic (exact) mass is 261 g/mol. The highest BCUT2D eigenvalue weighted by molar-refractivity contribution is 5.92. The summed E-state index contributed by atoms with van der Waals surface area (Å²) in [7, 11) is 1.84. The third kappa shape index (κ3) is 3.46. The van der Waals surface area contributed by atoms with Crippen LogP contribution in [0.1, 0.15) is 43.6 Å². The first-order valence-electron chi connectivity index (χ1n) is 6.95. The van der Waals surface area contributed by atoms with E-state index in [1.165, 1.54) is 6.42 Å². The van der Waals surface area contributed by atoms with Gasteiger partial charge < -0.3 is 10.2 Å². The number of carbonyl (C=O) groups is 1. The van der Waals surface area contributed by atoms with Crippen LogP contribution in [0.2, 0.25) is 0 Å². The minimum absolute atomic E-state index is 0.0559. The Hall–Kier alpha value is -1.58. The summed E-state index contributed by atoms with van der Waals surface area (Å²) in [4.78, 5) is 18.6. The van der Waals surface area contributed by atoms with E-state index in [1.54, 1.807) is 12.3 Å². The molecule has 1 fully saturated rings. The van der Waals surface area contributed by atoms with Crippen LogP contribution in [0.25, 0.3) is 0 Å². The van der Waals surface area contributed by atoms with Gasteiger partial charge in [-0.25, -0.2) is 4.98 Å². The van der Waals surface area contributed by atoms with Gasteiger partial charge in [0.2, 0.25) is 0 Å². The molecule has 0 saturated carbocycles. The second-order valence-electron chi connectivity index (χ2n) is 5.99. The minimum atomic E-state index is 0.0559. The molecule has 104 valence electrons. The van der Waals surface area contributed by atoms with Gasteiger partial charge in [0.05, 0.1) is 11.9 Å². The smallest absolute Gasteiger partial charge is 0.272 e. The zero-order valence-corrected chi connectivity index (χ0v) is 12.1. The van der Waals surface area contributed by atoms with Crippen LogP contribution >= 0.6 is 0 Å². The summed E-state index contributed by atoms with van der Waals surface area (Å²) >= 11 is 0. The zero-order chi connectivity index (χ0) is 13.9. The second kappa shape index (κ2) is 5.59. The summed E-state index contributed by atoms with van der Waals surface area (Å²) < 4.78 is 0. The van der Waals surface area contributed by atoms with E-state index in [4.69, 9.17) is 0 Å². The van der Waals surface area contributed by atoms with Crippen LogP contribution in [-0.2, 0) is 0 Å². The number of nitrogens with zero attached hydrogens (tertiary/aromatic N) is 2. The zero-order valence-electron chi connectivity index (χ0n) is 12.1. The minimum Gasteiger partial charge on any atom is -0.387 e. The summed E-state index contributed by atoms with van der Waals surface area (Å²) in [5.41, 5.74) is 1.81. The molecule has 0 aromatic carbocycles. The Morgan fingerprint density at radius 1 is 1.32 bits per heavy atom. The van der Waals surface area contributed by atoms with Crippen LogP contribution in [0.5, 0.6) is 0 Å². The number of likely N-dealkylation sites (tertiary alicyclic amines) is 1. The summed E-state index contributed by atoms with van der Waals surface area (Å²) in [6, 6.07) is 3.69. The molecule has 2 rings (SSSR count). The van der Waals surface area contributed by atoms with E-state index in [0.29, 0.717) is 11.1 Å². The number of aromatic nitrogens is 1. The molecule has 0 spiro atoms. The quantitative estimate of drug-likeness (QED) is 0.890. The maximum absolute atomic E-state index is 12.4. The molecule has 2 heterocycles. The third-order valence-corrected chi connectivity index (χ3v) is 3.90. The first-order valence-corrected chi connectivity index (χ1v) is 6.95. The lowest BCUT2D eigenvalue weighted by Crippen LogP contribution is -2.32. The van der Waals surface area contributed by atoms with Crippen molar-refractivity contribution in [2.45, 2.75) is 33.1 Å². The standard InChI is InChI=1S/C15H23N3O/c1-15(2)7-4-9-18(10-8-15)14(19)13-6-5-12(16-3)11-17-13/h5-6,11,16H,4,7-10H2,1-3H3. The number of nitrogens with one attached hydrogen (secondary N) is 1. The number of hydrogen-bond acceptors (Lipinski definition) is 3. The van der Waals surface area contributed by atoms with E-state index in [2.05, 4.69) is 24.1 Å². The van der Waals surface area contributed by atoms with E-state index in [1.807, 2.05) is 18.0 Å². The molecule has 0 radical (unpaired) electrons. The van der Waals surface area contributed by atoms with Gasteiger partial charge in [-0.1, -0.05) is 13.8 Å². The molecule has 1 N–H and O–H groups in total. The highest BCUT2D eigenvalue weighted by Gasteiger charge is 2.26. The van der Waals surface area contributed by atoms with Crippen molar-refractivity contribution in [3.8, 4) is 0 Å². The van der Waals surface area contributed by atoms with Crippen LogP contribution in [-0.4, -0.2) is 35.9 Å². The molecular formula is C15H23N3O. The van der Waals surface area contributed by atoms with Crippen molar-refractivity contribution < 1.29 is 4.79 Å². The number of hydrogen-bond donors (Lipinski definition) is 1. The second-order valence-corrected chi connectivity index (χ2v) is 5.99. The fourth-order valence-corrected chi connectivity index (χ4v) is 2.46. The molecule has 1 aliphatic rings. The SMILES string of the molecule is CNc1ccc(C(=O)N2CCCC(C)(C)CC2)nc1. The van der Waals surface area contributed by atoms with Crippen molar-refractivity contribution in [2.75, 3.05) is 25.5 Å². The summed E-state index contributed by atoms with van der Waals surface area (Å²) in [6.45, 7) is 6.24.